The van der Waals surface area contributed by atoms with Crippen LogP contribution in [0, 0.1) is 18.3 Å². The molecule has 3 nitrogen and oxygen atoms in total. The molecule has 0 saturated heterocycles. The highest BCUT2D eigenvalue weighted by atomic mass is 15.0. The fourth-order valence-corrected chi connectivity index (χ4v) is 3.16. The van der Waals surface area contributed by atoms with Crippen molar-refractivity contribution in [1.29, 1.82) is 0 Å². The van der Waals surface area contributed by atoms with Crippen LogP contribution < -0.4 is 16.0 Å². The van der Waals surface area contributed by atoms with Gasteiger partial charge in [-0.3, -0.25) is 0 Å². The molecular weight excluding hydrogens is 330 g/mol. The van der Waals surface area contributed by atoms with Gasteiger partial charge in [-0.2, -0.15) is 0 Å². The number of hydrogen-bond donors (Lipinski definition) is 3. The first-order valence-corrected chi connectivity index (χ1v) is 11.6. The third-order valence-electron chi connectivity index (χ3n) is 6.40. The van der Waals surface area contributed by atoms with Gasteiger partial charge < -0.3 is 16.0 Å². The van der Waals surface area contributed by atoms with Gasteiger partial charge in [-0.25, -0.2) is 0 Å². The molecule has 0 aliphatic heterocycles. The summed E-state index contributed by atoms with van der Waals surface area (Å²) in [5, 5.41) is 11.2. The van der Waals surface area contributed by atoms with E-state index in [1.165, 1.54) is 19.3 Å². The molecule has 0 spiro atoms. The van der Waals surface area contributed by atoms with E-state index in [1.54, 1.807) is 0 Å². The summed E-state index contributed by atoms with van der Waals surface area (Å²) in [6, 6.07) is 1.18. The zero-order chi connectivity index (χ0) is 20.9. The van der Waals surface area contributed by atoms with Gasteiger partial charge in [0.2, 0.25) is 0 Å². The van der Waals surface area contributed by atoms with Gasteiger partial charge in [0, 0.05) is 17.6 Å². The summed E-state index contributed by atoms with van der Waals surface area (Å²) in [6.45, 7) is 26.2. The molecule has 3 atom stereocenters. The van der Waals surface area contributed by atoms with Crippen LogP contribution in [0.5, 0.6) is 0 Å². The van der Waals surface area contributed by atoms with Crippen molar-refractivity contribution in [3.63, 3.8) is 0 Å². The zero-order valence-corrected chi connectivity index (χ0v) is 20.0. The Morgan fingerprint density at radius 1 is 0.852 bits per heavy atom. The Morgan fingerprint density at radius 2 is 1.41 bits per heavy atom. The van der Waals surface area contributed by atoms with E-state index in [9.17, 15) is 0 Å². The van der Waals surface area contributed by atoms with Crippen LogP contribution in [0.15, 0.2) is 0 Å². The molecule has 0 aromatic rings. The second-order valence-corrected chi connectivity index (χ2v) is 9.90. The average molecular weight is 383 g/mol. The van der Waals surface area contributed by atoms with E-state index < -0.39 is 0 Å². The Kier molecular flexibility index (Phi) is 13.9. The second-order valence-electron chi connectivity index (χ2n) is 9.90. The van der Waals surface area contributed by atoms with Gasteiger partial charge >= 0.3 is 0 Å². The van der Waals surface area contributed by atoms with Crippen LogP contribution in [0.4, 0.5) is 0 Å². The van der Waals surface area contributed by atoms with Gasteiger partial charge in [0.05, 0.1) is 0 Å². The number of hydrogen-bond acceptors (Lipinski definition) is 3. The Bertz CT molecular complexity index is 354. The highest BCUT2D eigenvalue weighted by molar-refractivity contribution is 4.87. The molecule has 0 aromatic heterocycles. The van der Waals surface area contributed by atoms with E-state index in [-0.39, 0.29) is 11.0 Å². The number of rotatable bonds is 17. The fraction of sp³-hybridized carbons (Fsp3) is 0.958. The highest BCUT2D eigenvalue weighted by Crippen LogP contribution is 2.29. The van der Waals surface area contributed by atoms with E-state index >= 15 is 0 Å². The predicted octanol–water partition coefficient (Wildman–Crippen LogP) is 5.56. The van der Waals surface area contributed by atoms with Gasteiger partial charge in [0.25, 0.3) is 0 Å². The Hall–Kier alpha value is -0.120. The molecule has 1 radical (unpaired) electrons. The predicted molar refractivity (Wildman–Crippen MR) is 123 cm³/mol. The van der Waals surface area contributed by atoms with Crippen LogP contribution >= 0.6 is 0 Å². The van der Waals surface area contributed by atoms with E-state index in [1.807, 2.05) is 0 Å². The first-order chi connectivity index (χ1) is 12.5. The van der Waals surface area contributed by atoms with Crippen LogP contribution in [-0.2, 0) is 0 Å². The van der Waals surface area contributed by atoms with Crippen LogP contribution in [-0.4, -0.2) is 37.3 Å². The first kappa shape index (κ1) is 26.9. The van der Waals surface area contributed by atoms with E-state index in [0.717, 1.165) is 45.3 Å². The fourth-order valence-electron chi connectivity index (χ4n) is 3.16. The summed E-state index contributed by atoms with van der Waals surface area (Å²) in [5.74, 6) is 0.678. The maximum Gasteiger partial charge on any atom is 0.0122 e. The molecule has 0 aliphatic rings. The third kappa shape index (κ3) is 13.7. The first-order valence-electron chi connectivity index (χ1n) is 11.6. The van der Waals surface area contributed by atoms with Crippen molar-refractivity contribution in [2.75, 3.05) is 19.6 Å². The minimum atomic E-state index is 0.137. The molecule has 163 valence electrons. The van der Waals surface area contributed by atoms with Crippen LogP contribution in [0.25, 0.3) is 0 Å². The van der Waals surface area contributed by atoms with Crippen LogP contribution in [0.2, 0.25) is 0 Å². The summed E-state index contributed by atoms with van der Waals surface area (Å²) >= 11 is 0. The van der Waals surface area contributed by atoms with Crippen LogP contribution in [0.1, 0.15) is 100 Å². The average Bonchev–Trinajstić information content (AvgIpc) is 2.59. The lowest BCUT2D eigenvalue weighted by atomic mass is 9.79. The molecule has 3 heteroatoms. The van der Waals surface area contributed by atoms with Gasteiger partial charge in [0.15, 0.2) is 0 Å². The maximum absolute atomic E-state index is 4.70. The quantitative estimate of drug-likeness (QED) is 0.308. The molecule has 0 fully saturated rings. The van der Waals surface area contributed by atoms with Gasteiger partial charge in [-0.1, -0.05) is 40.5 Å². The Morgan fingerprint density at radius 3 is 1.93 bits per heavy atom. The molecule has 0 amide bonds. The highest BCUT2D eigenvalue weighted by Gasteiger charge is 2.25. The third-order valence-corrected chi connectivity index (χ3v) is 6.40. The van der Waals surface area contributed by atoms with E-state index in [2.05, 4.69) is 71.3 Å². The molecule has 0 bridgehead atoms. The van der Waals surface area contributed by atoms with Crippen molar-refractivity contribution in [2.45, 2.75) is 118 Å². The van der Waals surface area contributed by atoms with Gasteiger partial charge in [-0.05, 0) is 97.7 Å². The van der Waals surface area contributed by atoms with E-state index in [4.69, 9.17) is 6.92 Å². The molecule has 0 aromatic carbocycles. The summed E-state index contributed by atoms with van der Waals surface area (Å²) in [5.41, 5.74) is 0.357. The SMILES string of the molecule is [CH2]C(CCNC(C)CCCC)(CCNC(C)C(C)C)CCNC(C)(C)CC. The molecule has 27 heavy (non-hydrogen) atoms. The molecule has 0 rings (SSSR count). The minimum Gasteiger partial charge on any atom is -0.314 e. The minimum absolute atomic E-state index is 0.137. The normalized spacial score (nSPS) is 17.1. The second kappa shape index (κ2) is 14.0. The van der Waals surface area contributed by atoms with Crippen molar-refractivity contribution >= 4 is 0 Å². The lowest BCUT2D eigenvalue weighted by Crippen LogP contribution is -2.42. The zero-order valence-electron chi connectivity index (χ0n) is 20.0. The van der Waals surface area contributed by atoms with Crippen molar-refractivity contribution in [2.24, 2.45) is 11.3 Å². The molecule has 3 N–H and O–H groups in total. The number of unbranched alkanes of at least 4 members (excludes halogenated alkanes) is 1. The maximum atomic E-state index is 4.70. The van der Waals surface area contributed by atoms with Crippen molar-refractivity contribution in [3.05, 3.63) is 6.92 Å². The smallest absolute Gasteiger partial charge is 0.0122 e. The Labute approximate surface area is 172 Å². The lowest BCUT2D eigenvalue weighted by Gasteiger charge is -2.33. The molecule has 0 saturated carbocycles. The molecule has 0 heterocycles. The summed E-state index contributed by atoms with van der Waals surface area (Å²) in [6.07, 6.45) is 8.46. The van der Waals surface area contributed by atoms with Crippen molar-refractivity contribution < 1.29 is 0 Å². The van der Waals surface area contributed by atoms with Crippen molar-refractivity contribution in [3.8, 4) is 0 Å². The molecule has 3 unspecified atom stereocenters. The standard InChI is InChI=1S/C24H52N3/c1-10-12-13-21(5)25-17-14-24(9,15-18-26-22(6)20(3)4)16-19-27-23(7,8)11-2/h20-22,25-27H,9-19H2,1-8H3. The molecule has 0 aliphatic carbocycles. The monoisotopic (exact) mass is 382 g/mol. The summed E-state index contributed by atoms with van der Waals surface area (Å²) < 4.78 is 0. The molecular formula is C24H52N3. The largest absolute Gasteiger partial charge is 0.314 e. The summed E-state index contributed by atoms with van der Waals surface area (Å²) in [4.78, 5) is 0. The van der Waals surface area contributed by atoms with E-state index in [0.29, 0.717) is 18.0 Å². The topological polar surface area (TPSA) is 36.1 Å². The summed E-state index contributed by atoms with van der Waals surface area (Å²) in [7, 11) is 0. The van der Waals surface area contributed by atoms with Crippen LogP contribution in [0.3, 0.4) is 0 Å². The Balaban J connectivity index is 4.53. The van der Waals surface area contributed by atoms with Crippen molar-refractivity contribution in [1.82, 2.24) is 16.0 Å². The number of nitrogens with one attached hydrogen (secondary N) is 3. The van der Waals surface area contributed by atoms with Gasteiger partial charge in [-0.15, -0.1) is 0 Å². The lowest BCUT2D eigenvalue weighted by molar-refractivity contribution is 0.251. The van der Waals surface area contributed by atoms with Gasteiger partial charge in [0.1, 0.15) is 0 Å².